The summed E-state index contributed by atoms with van der Waals surface area (Å²) in [5.41, 5.74) is 4.14. The van der Waals surface area contributed by atoms with E-state index < -0.39 is 11.7 Å². The highest BCUT2D eigenvalue weighted by molar-refractivity contribution is 5.85. The van der Waals surface area contributed by atoms with Crippen molar-refractivity contribution in [2.24, 2.45) is 11.8 Å². The van der Waals surface area contributed by atoms with E-state index in [1.165, 1.54) is 6.07 Å². The molecule has 9 heteroatoms. The van der Waals surface area contributed by atoms with Crippen LogP contribution in [-0.2, 0) is 17.5 Å². The molecule has 3 aromatic carbocycles. The van der Waals surface area contributed by atoms with Crippen molar-refractivity contribution in [2.75, 3.05) is 13.1 Å². The third-order valence-corrected chi connectivity index (χ3v) is 7.96. The standard InChI is InChI=1S/C30H26F3N5O/c31-30(32,33)24-8-10-27-26(14-24)35-28(38(27)17-18-11-12-37(16-18)29(39)21-5-6-21)20-3-1-19(2-4-20)22-7-9-25-23(13-22)15-34-36-25/h1-4,7-10,13-15,18,21H,5-6,11-12,16-17H2,(H,34,36)/t18-/m0/s1. The maximum Gasteiger partial charge on any atom is 0.416 e. The molecule has 1 atom stereocenters. The smallest absolute Gasteiger partial charge is 0.342 e. The second-order valence-electron chi connectivity index (χ2n) is 10.7. The molecule has 2 aromatic heterocycles. The first-order valence-corrected chi connectivity index (χ1v) is 13.2. The molecule has 39 heavy (non-hydrogen) atoms. The topological polar surface area (TPSA) is 66.8 Å². The summed E-state index contributed by atoms with van der Waals surface area (Å²) in [5, 5.41) is 8.05. The number of nitrogens with zero attached hydrogens (tertiary/aromatic N) is 4. The van der Waals surface area contributed by atoms with Crippen LogP contribution in [0, 0.1) is 11.8 Å². The van der Waals surface area contributed by atoms with Gasteiger partial charge in [0, 0.05) is 36.5 Å². The highest BCUT2D eigenvalue weighted by atomic mass is 19.4. The van der Waals surface area contributed by atoms with Crippen LogP contribution in [0.1, 0.15) is 24.8 Å². The highest BCUT2D eigenvalue weighted by Crippen LogP contribution is 2.36. The van der Waals surface area contributed by atoms with E-state index in [1.54, 1.807) is 6.20 Å². The summed E-state index contributed by atoms with van der Waals surface area (Å²) >= 11 is 0. The Morgan fingerprint density at radius 1 is 0.949 bits per heavy atom. The number of aromatic amines is 1. The number of benzene rings is 3. The first kappa shape index (κ1) is 23.9. The molecule has 1 amide bonds. The lowest BCUT2D eigenvalue weighted by Crippen LogP contribution is -2.30. The van der Waals surface area contributed by atoms with Gasteiger partial charge in [0.05, 0.1) is 28.3 Å². The summed E-state index contributed by atoms with van der Waals surface area (Å²) in [4.78, 5) is 19.2. The second-order valence-corrected chi connectivity index (χ2v) is 10.7. The van der Waals surface area contributed by atoms with Crippen molar-refractivity contribution >= 4 is 27.8 Å². The van der Waals surface area contributed by atoms with Gasteiger partial charge < -0.3 is 9.47 Å². The molecule has 2 fully saturated rings. The monoisotopic (exact) mass is 529 g/mol. The molecular weight excluding hydrogens is 503 g/mol. The second kappa shape index (κ2) is 8.97. The van der Waals surface area contributed by atoms with Crippen molar-refractivity contribution in [3.05, 3.63) is 72.4 Å². The minimum Gasteiger partial charge on any atom is -0.342 e. The van der Waals surface area contributed by atoms with E-state index in [1.807, 2.05) is 45.9 Å². The Morgan fingerprint density at radius 2 is 1.72 bits per heavy atom. The van der Waals surface area contributed by atoms with Crippen LogP contribution in [0.2, 0.25) is 0 Å². The summed E-state index contributed by atoms with van der Waals surface area (Å²) < 4.78 is 42.4. The number of hydrogen-bond donors (Lipinski definition) is 1. The van der Waals surface area contributed by atoms with Crippen molar-refractivity contribution in [3.63, 3.8) is 0 Å². The number of imidazole rings is 1. The lowest BCUT2D eigenvalue weighted by atomic mass is 10.0. The fourth-order valence-electron chi connectivity index (χ4n) is 5.67. The zero-order valence-electron chi connectivity index (χ0n) is 21.1. The summed E-state index contributed by atoms with van der Waals surface area (Å²) in [6, 6.07) is 17.8. The summed E-state index contributed by atoms with van der Waals surface area (Å²) in [7, 11) is 0. The van der Waals surface area contributed by atoms with E-state index in [0.29, 0.717) is 29.9 Å². The Balaban J connectivity index is 1.24. The fourth-order valence-corrected chi connectivity index (χ4v) is 5.67. The number of carbonyl (C=O) groups excluding carboxylic acids is 1. The van der Waals surface area contributed by atoms with Crippen molar-refractivity contribution in [1.82, 2.24) is 24.6 Å². The molecule has 1 aliphatic heterocycles. The maximum atomic E-state index is 13.5. The Hall–Kier alpha value is -4.14. The largest absolute Gasteiger partial charge is 0.416 e. The van der Waals surface area contributed by atoms with Crippen LogP contribution in [0.15, 0.2) is 66.9 Å². The van der Waals surface area contributed by atoms with Crippen LogP contribution in [0.4, 0.5) is 13.2 Å². The Morgan fingerprint density at radius 3 is 2.49 bits per heavy atom. The molecule has 1 saturated carbocycles. The Bertz CT molecular complexity index is 1700. The van der Waals surface area contributed by atoms with Gasteiger partial charge in [-0.25, -0.2) is 4.98 Å². The van der Waals surface area contributed by atoms with Gasteiger partial charge in [0.1, 0.15) is 5.82 Å². The SMILES string of the molecule is O=C(C1CC1)N1CC[C@H](Cn2c(-c3ccc(-c4ccc5[nH]ncc5c4)cc3)nc3cc(C(F)(F)F)ccc32)C1. The van der Waals surface area contributed by atoms with Crippen LogP contribution < -0.4 is 0 Å². The minimum atomic E-state index is -4.44. The number of amides is 1. The van der Waals surface area contributed by atoms with Gasteiger partial charge in [-0.3, -0.25) is 9.89 Å². The molecule has 198 valence electrons. The average Bonchev–Trinajstić information content (AvgIpc) is 3.33. The number of aromatic nitrogens is 4. The molecular formula is C30H26F3N5O. The van der Waals surface area contributed by atoms with Gasteiger partial charge in [0.25, 0.3) is 0 Å². The predicted octanol–water partition coefficient (Wildman–Crippen LogP) is 6.52. The van der Waals surface area contributed by atoms with E-state index in [4.69, 9.17) is 4.98 Å². The summed E-state index contributed by atoms with van der Waals surface area (Å²) in [6.07, 6.45) is 0.166. The maximum absolute atomic E-state index is 13.5. The van der Waals surface area contributed by atoms with Gasteiger partial charge in [-0.2, -0.15) is 18.3 Å². The van der Waals surface area contributed by atoms with Crippen LogP contribution in [0.25, 0.3) is 44.5 Å². The molecule has 1 N–H and O–H groups in total. The van der Waals surface area contributed by atoms with Crippen molar-refractivity contribution < 1.29 is 18.0 Å². The number of hydrogen-bond acceptors (Lipinski definition) is 3. The first-order valence-electron chi connectivity index (χ1n) is 13.2. The van der Waals surface area contributed by atoms with Gasteiger partial charge in [-0.05, 0) is 66.6 Å². The zero-order valence-corrected chi connectivity index (χ0v) is 21.1. The van der Waals surface area contributed by atoms with Crippen molar-refractivity contribution in [3.8, 4) is 22.5 Å². The molecule has 3 heterocycles. The quantitative estimate of drug-likeness (QED) is 0.282. The molecule has 1 aliphatic carbocycles. The van der Waals surface area contributed by atoms with Gasteiger partial charge in [0.15, 0.2) is 0 Å². The number of rotatable bonds is 5. The fraction of sp³-hybridized carbons (Fsp3) is 0.300. The van der Waals surface area contributed by atoms with Crippen LogP contribution in [0.5, 0.6) is 0 Å². The molecule has 7 rings (SSSR count). The molecule has 0 radical (unpaired) electrons. The van der Waals surface area contributed by atoms with E-state index in [9.17, 15) is 18.0 Å². The van der Waals surface area contributed by atoms with E-state index >= 15 is 0 Å². The number of halogens is 3. The number of H-pyrrole nitrogens is 1. The molecule has 0 bridgehead atoms. The number of likely N-dealkylation sites (tertiary alicyclic amines) is 1. The highest BCUT2D eigenvalue weighted by Gasteiger charge is 2.37. The van der Waals surface area contributed by atoms with Crippen molar-refractivity contribution in [2.45, 2.75) is 32.0 Å². The molecule has 1 saturated heterocycles. The van der Waals surface area contributed by atoms with Gasteiger partial charge >= 0.3 is 6.18 Å². The van der Waals surface area contributed by atoms with Gasteiger partial charge in [-0.15, -0.1) is 0 Å². The number of fused-ring (bicyclic) bond motifs is 2. The van der Waals surface area contributed by atoms with Crippen LogP contribution in [0.3, 0.4) is 0 Å². The number of nitrogens with one attached hydrogen (secondary N) is 1. The molecule has 0 unspecified atom stereocenters. The first-order chi connectivity index (χ1) is 18.8. The lowest BCUT2D eigenvalue weighted by Gasteiger charge is -2.18. The number of carbonyl (C=O) groups is 1. The third-order valence-electron chi connectivity index (χ3n) is 7.96. The Labute approximate surface area is 222 Å². The molecule has 6 nitrogen and oxygen atoms in total. The van der Waals surface area contributed by atoms with Crippen LogP contribution >= 0.6 is 0 Å². The number of alkyl halides is 3. The normalized spacial score (nSPS) is 17.9. The molecule has 0 spiro atoms. The molecule has 5 aromatic rings. The zero-order chi connectivity index (χ0) is 26.7. The van der Waals surface area contributed by atoms with Crippen LogP contribution in [-0.4, -0.2) is 43.6 Å². The average molecular weight is 530 g/mol. The Kier molecular flexibility index (Phi) is 5.50. The van der Waals surface area contributed by atoms with E-state index in [2.05, 4.69) is 16.3 Å². The van der Waals surface area contributed by atoms with Crippen molar-refractivity contribution in [1.29, 1.82) is 0 Å². The lowest BCUT2D eigenvalue weighted by molar-refractivity contribution is -0.137. The van der Waals surface area contributed by atoms with E-state index in [-0.39, 0.29) is 17.7 Å². The summed E-state index contributed by atoms with van der Waals surface area (Å²) in [6.45, 7) is 1.99. The third kappa shape index (κ3) is 4.45. The van der Waals surface area contributed by atoms with E-state index in [0.717, 1.165) is 65.5 Å². The minimum absolute atomic E-state index is 0.182. The predicted molar refractivity (Wildman–Crippen MR) is 143 cm³/mol. The van der Waals surface area contributed by atoms with Gasteiger partial charge in [-0.1, -0.05) is 30.3 Å². The molecule has 2 aliphatic rings. The summed E-state index contributed by atoms with van der Waals surface area (Å²) in [5.74, 6) is 1.27. The van der Waals surface area contributed by atoms with Gasteiger partial charge in [0.2, 0.25) is 5.91 Å².